The molecule has 1 spiro atoms. The number of benzene rings is 1. The predicted octanol–water partition coefficient (Wildman–Crippen LogP) is 3.10. The summed E-state index contributed by atoms with van der Waals surface area (Å²) in [7, 11) is 0. The van der Waals surface area contributed by atoms with E-state index in [4.69, 9.17) is 0 Å². The average Bonchev–Trinajstić information content (AvgIpc) is 2.78. The third-order valence-electron chi connectivity index (χ3n) is 6.09. The van der Waals surface area contributed by atoms with Crippen LogP contribution in [-0.2, 0) is 15.0 Å². The van der Waals surface area contributed by atoms with Crippen molar-refractivity contribution in [2.45, 2.75) is 50.4 Å². The number of hydrogen-bond donors (Lipinski definition) is 1. The van der Waals surface area contributed by atoms with E-state index < -0.39 is 11.4 Å². The van der Waals surface area contributed by atoms with E-state index >= 15 is 0 Å². The average molecular weight is 299 g/mol. The lowest BCUT2D eigenvalue weighted by Gasteiger charge is -2.40. The van der Waals surface area contributed by atoms with E-state index in [1.165, 1.54) is 12.0 Å². The van der Waals surface area contributed by atoms with Crippen LogP contribution in [0.3, 0.4) is 0 Å². The Morgan fingerprint density at radius 1 is 1.09 bits per heavy atom. The highest BCUT2D eigenvalue weighted by Crippen LogP contribution is 2.53. The lowest BCUT2D eigenvalue weighted by Crippen LogP contribution is -2.46. The quantitative estimate of drug-likeness (QED) is 0.933. The summed E-state index contributed by atoms with van der Waals surface area (Å²) in [4.78, 5) is 26.2. The van der Waals surface area contributed by atoms with Crippen LogP contribution in [0.25, 0.3) is 0 Å². The first-order valence-corrected chi connectivity index (χ1v) is 8.20. The molecule has 0 saturated heterocycles. The molecule has 4 rings (SSSR count). The standard InChI is InChI=1S/C18H21NO3/c20-15(11-17(16(21)22)7-3-8-17)19-12-18(9-4-10-18)13-5-1-2-6-14(13)19/h1-2,5-6H,3-4,7-12H2,(H,21,22). The molecule has 1 N–H and O–H groups in total. The molecule has 1 aromatic carbocycles. The van der Waals surface area contributed by atoms with Crippen molar-refractivity contribution >= 4 is 17.6 Å². The van der Waals surface area contributed by atoms with Crippen molar-refractivity contribution in [2.75, 3.05) is 11.4 Å². The Hall–Kier alpha value is -1.84. The minimum Gasteiger partial charge on any atom is -0.481 e. The summed E-state index contributed by atoms with van der Waals surface area (Å²) in [5.41, 5.74) is 1.63. The summed E-state index contributed by atoms with van der Waals surface area (Å²) in [5, 5.41) is 9.46. The summed E-state index contributed by atoms with van der Waals surface area (Å²) in [6.45, 7) is 0.737. The second kappa shape index (κ2) is 4.58. The van der Waals surface area contributed by atoms with Gasteiger partial charge in [0.15, 0.2) is 0 Å². The zero-order valence-electron chi connectivity index (χ0n) is 12.7. The van der Waals surface area contributed by atoms with Gasteiger partial charge in [-0.3, -0.25) is 9.59 Å². The van der Waals surface area contributed by atoms with Gasteiger partial charge in [0.2, 0.25) is 5.91 Å². The van der Waals surface area contributed by atoms with Crippen molar-refractivity contribution in [1.29, 1.82) is 0 Å². The van der Waals surface area contributed by atoms with E-state index in [0.29, 0.717) is 12.8 Å². The van der Waals surface area contributed by atoms with Crippen molar-refractivity contribution < 1.29 is 14.7 Å². The van der Waals surface area contributed by atoms with Gasteiger partial charge >= 0.3 is 5.97 Å². The third-order valence-corrected chi connectivity index (χ3v) is 6.09. The van der Waals surface area contributed by atoms with Gasteiger partial charge in [-0.1, -0.05) is 31.0 Å². The van der Waals surface area contributed by atoms with Crippen LogP contribution < -0.4 is 4.90 Å². The molecule has 0 atom stereocenters. The summed E-state index contributed by atoms with van der Waals surface area (Å²) in [5.74, 6) is -0.823. The molecule has 0 aromatic heterocycles. The molecule has 22 heavy (non-hydrogen) atoms. The number of hydrogen-bond acceptors (Lipinski definition) is 2. The number of nitrogens with zero attached hydrogens (tertiary/aromatic N) is 1. The molecule has 2 aliphatic carbocycles. The molecule has 1 aliphatic heterocycles. The van der Waals surface area contributed by atoms with Gasteiger partial charge in [-0.25, -0.2) is 0 Å². The van der Waals surface area contributed by atoms with Crippen molar-refractivity contribution in [2.24, 2.45) is 5.41 Å². The molecule has 3 aliphatic rings. The van der Waals surface area contributed by atoms with Crippen LogP contribution in [0.2, 0.25) is 0 Å². The molecule has 2 saturated carbocycles. The second-order valence-electron chi connectivity index (χ2n) is 7.25. The lowest BCUT2D eigenvalue weighted by molar-refractivity contribution is -0.157. The van der Waals surface area contributed by atoms with Crippen LogP contribution in [0.4, 0.5) is 5.69 Å². The number of carboxylic acid groups (broad SMARTS) is 1. The highest BCUT2D eigenvalue weighted by atomic mass is 16.4. The van der Waals surface area contributed by atoms with Crippen LogP contribution in [0.1, 0.15) is 50.5 Å². The number of amides is 1. The van der Waals surface area contributed by atoms with Gasteiger partial charge in [-0.2, -0.15) is 0 Å². The normalized spacial score (nSPS) is 23.5. The molecule has 2 fully saturated rings. The van der Waals surface area contributed by atoms with Gasteiger partial charge in [0.05, 0.1) is 5.41 Å². The summed E-state index contributed by atoms with van der Waals surface area (Å²) in [6.07, 6.45) is 5.82. The summed E-state index contributed by atoms with van der Waals surface area (Å²) >= 11 is 0. The number of aliphatic carboxylic acids is 1. The predicted molar refractivity (Wildman–Crippen MR) is 82.9 cm³/mol. The van der Waals surface area contributed by atoms with Crippen molar-refractivity contribution in [3.8, 4) is 0 Å². The first kappa shape index (κ1) is 13.8. The molecule has 1 amide bonds. The maximum absolute atomic E-state index is 12.8. The first-order chi connectivity index (χ1) is 10.6. The van der Waals surface area contributed by atoms with Gasteiger partial charge in [0, 0.05) is 24.1 Å². The monoisotopic (exact) mass is 299 g/mol. The number of carboxylic acids is 1. The van der Waals surface area contributed by atoms with Gasteiger partial charge in [-0.05, 0) is 37.3 Å². The fraction of sp³-hybridized carbons (Fsp3) is 0.556. The molecule has 1 heterocycles. The molecular weight excluding hydrogens is 278 g/mol. The molecule has 1 aromatic rings. The number of rotatable bonds is 3. The number of carbonyl (C=O) groups is 2. The van der Waals surface area contributed by atoms with Gasteiger partial charge in [0.1, 0.15) is 0 Å². The Balaban J connectivity index is 1.61. The maximum atomic E-state index is 12.8. The molecule has 116 valence electrons. The van der Waals surface area contributed by atoms with Crippen LogP contribution in [0.15, 0.2) is 24.3 Å². The van der Waals surface area contributed by atoms with Crippen molar-refractivity contribution in [1.82, 2.24) is 0 Å². The Kier molecular flexibility index (Phi) is 2.87. The zero-order chi connectivity index (χ0) is 15.4. The number of carbonyl (C=O) groups excluding carboxylic acids is 1. The van der Waals surface area contributed by atoms with Gasteiger partial charge < -0.3 is 10.0 Å². The van der Waals surface area contributed by atoms with E-state index in [1.807, 2.05) is 23.1 Å². The molecule has 0 radical (unpaired) electrons. The Bertz CT molecular complexity index is 643. The van der Waals surface area contributed by atoms with Crippen molar-refractivity contribution in [3.63, 3.8) is 0 Å². The number of anilines is 1. The van der Waals surface area contributed by atoms with E-state index in [0.717, 1.165) is 31.5 Å². The summed E-state index contributed by atoms with van der Waals surface area (Å²) < 4.78 is 0. The van der Waals surface area contributed by atoms with Crippen molar-refractivity contribution in [3.05, 3.63) is 29.8 Å². The highest BCUT2D eigenvalue weighted by molar-refractivity contribution is 5.99. The van der Waals surface area contributed by atoms with Crippen LogP contribution in [0, 0.1) is 5.41 Å². The second-order valence-corrected chi connectivity index (χ2v) is 7.25. The highest BCUT2D eigenvalue weighted by Gasteiger charge is 2.51. The zero-order valence-corrected chi connectivity index (χ0v) is 12.7. The molecule has 4 nitrogen and oxygen atoms in total. The Labute approximate surface area is 130 Å². The van der Waals surface area contributed by atoms with Crippen LogP contribution in [0.5, 0.6) is 0 Å². The molecule has 4 heteroatoms. The van der Waals surface area contributed by atoms with Crippen LogP contribution >= 0.6 is 0 Å². The molecule has 0 unspecified atom stereocenters. The Morgan fingerprint density at radius 3 is 2.32 bits per heavy atom. The first-order valence-electron chi connectivity index (χ1n) is 8.20. The van der Waals surface area contributed by atoms with E-state index in [2.05, 4.69) is 6.07 Å². The van der Waals surface area contributed by atoms with Crippen LogP contribution in [-0.4, -0.2) is 23.5 Å². The van der Waals surface area contributed by atoms with E-state index in [-0.39, 0.29) is 17.7 Å². The maximum Gasteiger partial charge on any atom is 0.310 e. The smallest absolute Gasteiger partial charge is 0.310 e. The third kappa shape index (κ3) is 1.76. The number of para-hydroxylation sites is 1. The minimum absolute atomic E-state index is 0.0154. The van der Waals surface area contributed by atoms with E-state index in [9.17, 15) is 14.7 Å². The lowest BCUT2D eigenvalue weighted by atomic mass is 9.65. The minimum atomic E-state index is -0.807. The molecular formula is C18H21NO3. The fourth-order valence-corrected chi connectivity index (χ4v) is 4.34. The fourth-order valence-electron chi connectivity index (χ4n) is 4.34. The van der Waals surface area contributed by atoms with E-state index in [1.54, 1.807) is 0 Å². The summed E-state index contributed by atoms with van der Waals surface area (Å²) in [6, 6.07) is 8.15. The number of fused-ring (bicyclic) bond motifs is 2. The Morgan fingerprint density at radius 2 is 1.77 bits per heavy atom. The van der Waals surface area contributed by atoms with Gasteiger partial charge in [0.25, 0.3) is 0 Å². The van der Waals surface area contributed by atoms with Gasteiger partial charge in [-0.15, -0.1) is 0 Å². The topological polar surface area (TPSA) is 57.6 Å². The largest absolute Gasteiger partial charge is 0.481 e. The SMILES string of the molecule is O=C(CC1(C(=O)O)CCC1)N1CC2(CCC2)c2ccccc21. The molecule has 0 bridgehead atoms.